The van der Waals surface area contributed by atoms with Crippen LogP contribution in [-0.2, 0) is 10.0 Å². The molecule has 0 aliphatic carbocycles. The number of nitrogens with one attached hydrogen (secondary N) is 1. The number of sulfonamides is 1. The van der Waals surface area contributed by atoms with Crippen LogP contribution in [0, 0.1) is 5.92 Å². The lowest BCUT2D eigenvalue weighted by molar-refractivity contribution is 0.102. The topological polar surface area (TPSA) is 92.3 Å². The second-order valence-corrected chi connectivity index (χ2v) is 11.3. The van der Waals surface area contributed by atoms with Crippen LogP contribution in [0.25, 0.3) is 0 Å². The molecular formula is C17H21ClN4O3S3. The third-order valence-electron chi connectivity index (χ3n) is 4.04. The van der Waals surface area contributed by atoms with Gasteiger partial charge in [-0.3, -0.25) is 10.1 Å². The predicted octanol–water partition coefficient (Wildman–Crippen LogP) is 3.98. The Hall–Kier alpha value is -1.20. The molecular weight excluding hydrogens is 440 g/mol. The highest BCUT2D eigenvalue weighted by Crippen LogP contribution is 2.30. The van der Waals surface area contributed by atoms with Crippen molar-refractivity contribution >= 4 is 55.8 Å². The first kappa shape index (κ1) is 21.5. The number of benzene rings is 1. The molecule has 0 bridgehead atoms. The van der Waals surface area contributed by atoms with Crippen LogP contribution in [0.15, 0.2) is 27.4 Å². The number of rotatable bonds is 7. The lowest BCUT2D eigenvalue weighted by Gasteiger charge is -2.17. The summed E-state index contributed by atoms with van der Waals surface area (Å²) in [5.74, 6) is 0.986. The Balaban J connectivity index is 1.76. The summed E-state index contributed by atoms with van der Waals surface area (Å²) in [4.78, 5) is 12.5. The molecule has 0 atom stereocenters. The molecule has 2 aromatic rings. The van der Waals surface area contributed by atoms with Crippen LogP contribution in [0.2, 0.25) is 5.02 Å². The number of anilines is 1. The minimum absolute atomic E-state index is 0.0471. The molecule has 1 aromatic carbocycles. The number of thioether (sulfide) groups is 1. The number of aromatic nitrogens is 2. The average molecular weight is 461 g/mol. The third kappa shape index (κ3) is 5.04. The van der Waals surface area contributed by atoms with Gasteiger partial charge >= 0.3 is 0 Å². The van der Waals surface area contributed by atoms with E-state index >= 15 is 0 Å². The summed E-state index contributed by atoms with van der Waals surface area (Å²) in [7, 11) is -3.72. The summed E-state index contributed by atoms with van der Waals surface area (Å²) in [6, 6.07) is 4.25. The molecule has 11 heteroatoms. The number of carbonyl (C=O) groups is 1. The molecule has 7 nitrogen and oxygen atoms in total. The fourth-order valence-corrected chi connectivity index (χ4v) is 6.38. The number of hydrogen-bond acceptors (Lipinski definition) is 7. The lowest BCUT2D eigenvalue weighted by Crippen LogP contribution is -2.28. The molecule has 1 aromatic heterocycles. The Morgan fingerprint density at radius 2 is 2.04 bits per heavy atom. The van der Waals surface area contributed by atoms with Crippen molar-refractivity contribution in [3.05, 3.63) is 28.8 Å². The highest BCUT2D eigenvalue weighted by Gasteiger charge is 2.29. The quantitative estimate of drug-likeness (QED) is 0.496. The van der Waals surface area contributed by atoms with Crippen LogP contribution in [0.3, 0.4) is 0 Å². The van der Waals surface area contributed by atoms with Crippen molar-refractivity contribution < 1.29 is 13.2 Å². The Bertz CT molecular complexity index is 956. The van der Waals surface area contributed by atoms with E-state index in [1.165, 1.54) is 33.8 Å². The first-order valence-electron chi connectivity index (χ1n) is 8.84. The van der Waals surface area contributed by atoms with Gasteiger partial charge in [0, 0.05) is 24.4 Å². The van der Waals surface area contributed by atoms with Gasteiger partial charge in [0.15, 0.2) is 4.34 Å². The van der Waals surface area contributed by atoms with Crippen molar-refractivity contribution in [1.82, 2.24) is 14.5 Å². The summed E-state index contributed by atoms with van der Waals surface area (Å²) in [6.07, 6.45) is 1.65. The van der Waals surface area contributed by atoms with Crippen LogP contribution in [0.4, 0.5) is 5.13 Å². The van der Waals surface area contributed by atoms with Gasteiger partial charge in [-0.1, -0.05) is 48.5 Å². The van der Waals surface area contributed by atoms with E-state index in [-0.39, 0.29) is 15.5 Å². The molecule has 0 unspecified atom stereocenters. The fourth-order valence-electron chi connectivity index (χ4n) is 2.64. The largest absolute Gasteiger partial charge is 0.296 e. The van der Waals surface area contributed by atoms with Crippen molar-refractivity contribution in [2.45, 2.75) is 35.9 Å². The molecule has 3 rings (SSSR count). The van der Waals surface area contributed by atoms with Crippen LogP contribution < -0.4 is 5.32 Å². The molecule has 2 heterocycles. The van der Waals surface area contributed by atoms with E-state index in [9.17, 15) is 13.2 Å². The number of carbonyl (C=O) groups excluding carboxylic acids is 1. The minimum atomic E-state index is -3.72. The normalized spacial score (nSPS) is 15.3. The Labute approximate surface area is 177 Å². The first-order chi connectivity index (χ1) is 13.3. The molecule has 1 fully saturated rings. The minimum Gasteiger partial charge on any atom is -0.296 e. The molecule has 1 amide bonds. The van der Waals surface area contributed by atoms with Gasteiger partial charge in [0.2, 0.25) is 15.2 Å². The molecule has 1 N–H and O–H groups in total. The van der Waals surface area contributed by atoms with E-state index in [1.807, 2.05) is 0 Å². The van der Waals surface area contributed by atoms with Crippen molar-refractivity contribution in [1.29, 1.82) is 0 Å². The maximum Gasteiger partial charge on any atom is 0.257 e. The maximum atomic E-state index is 12.8. The summed E-state index contributed by atoms with van der Waals surface area (Å²) >= 11 is 9.00. The zero-order chi connectivity index (χ0) is 20.3. The van der Waals surface area contributed by atoms with E-state index in [0.717, 1.165) is 22.9 Å². The van der Waals surface area contributed by atoms with Gasteiger partial charge in [-0.25, -0.2) is 8.42 Å². The van der Waals surface area contributed by atoms with Crippen molar-refractivity contribution in [2.75, 3.05) is 24.2 Å². The fraction of sp³-hybridized carbons (Fsp3) is 0.471. The lowest BCUT2D eigenvalue weighted by atomic mass is 10.2. The molecule has 0 radical (unpaired) electrons. The maximum absolute atomic E-state index is 12.8. The second kappa shape index (κ2) is 9.08. The Morgan fingerprint density at radius 3 is 2.71 bits per heavy atom. The van der Waals surface area contributed by atoms with Crippen LogP contribution >= 0.6 is 34.7 Å². The first-order valence-corrected chi connectivity index (χ1v) is 12.5. The van der Waals surface area contributed by atoms with E-state index in [1.54, 1.807) is 11.8 Å². The summed E-state index contributed by atoms with van der Waals surface area (Å²) < 4.78 is 27.8. The van der Waals surface area contributed by atoms with E-state index in [4.69, 9.17) is 11.6 Å². The smallest absolute Gasteiger partial charge is 0.257 e. The van der Waals surface area contributed by atoms with Gasteiger partial charge in [0.25, 0.3) is 5.91 Å². The number of amides is 1. The number of hydrogen-bond donors (Lipinski definition) is 1. The van der Waals surface area contributed by atoms with Gasteiger partial charge in [-0.05, 0) is 37.0 Å². The molecule has 1 aliphatic rings. The summed E-state index contributed by atoms with van der Waals surface area (Å²) in [5.41, 5.74) is 0.203. The van der Waals surface area contributed by atoms with Crippen LogP contribution in [0.5, 0.6) is 0 Å². The van der Waals surface area contributed by atoms with Crippen LogP contribution in [0.1, 0.15) is 37.0 Å². The zero-order valence-corrected chi connectivity index (χ0v) is 18.7. The van der Waals surface area contributed by atoms with E-state index in [0.29, 0.717) is 24.1 Å². The van der Waals surface area contributed by atoms with Gasteiger partial charge in [0.1, 0.15) is 4.90 Å². The average Bonchev–Trinajstić information content (AvgIpc) is 3.32. The molecule has 0 spiro atoms. The molecule has 1 saturated heterocycles. The van der Waals surface area contributed by atoms with Gasteiger partial charge in [0.05, 0.1) is 5.02 Å². The van der Waals surface area contributed by atoms with E-state index in [2.05, 4.69) is 29.4 Å². The SMILES string of the molecule is CC(C)CSc1nnc(NC(=O)c2ccc(Cl)c(S(=O)(=O)N3CCCC3)c2)s1. The van der Waals surface area contributed by atoms with Crippen molar-refractivity contribution in [3.63, 3.8) is 0 Å². The molecule has 1 aliphatic heterocycles. The molecule has 0 saturated carbocycles. The van der Waals surface area contributed by atoms with Gasteiger partial charge < -0.3 is 0 Å². The third-order valence-corrected chi connectivity index (χ3v) is 8.82. The van der Waals surface area contributed by atoms with Crippen molar-refractivity contribution in [2.24, 2.45) is 5.92 Å². The molecule has 28 heavy (non-hydrogen) atoms. The zero-order valence-electron chi connectivity index (χ0n) is 15.5. The highest BCUT2D eigenvalue weighted by atomic mass is 35.5. The number of halogens is 1. The van der Waals surface area contributed by atoms with Gasteiger partial charge in [-0.2, -0.15) is 4.31 Å². The Morgan fingerprint density at radius 1 is 1.32 bits per heavy atom. The summed E-state index contributed by atoms with van der Waals surface area (Å²) in [6.45, 7) is 5.17. The number of nitrogens with zero attached hydrogens (tertiary/aromatic N) is 3. The summed E-state index contributed by atoms with van der Waals surface area (Å²) in [5, 5.41) is 11.2. The van der Waals surface area contributed by atoms with Crippen molar-refractivity contribution in [3.8, 4) is 0 Å². The highest BCUT2D eigenvalue weighted by molar-refractivity contribution is 8.01. The van der Waals surface area contributed by atoms with E-state index < -0.39 is 15.9 Å². The van der Waals surface area contributed by atoms with Crippen LogP contribution in [-0.4, -0.2) is 47.7 Å². The van der Waals surface area contributed by atoms with Gasteiger partial charge in [-0.15, -0.1) is 10.2 Å². The second-order valence-electron chi connectivity index (χ2n) is 6.79. The molecule has 152 valence electrons. The Kier molecular flexibility index (Phi) is 6.98. The standard InChI is InChI=1S/C17H21ClN4O3S3/c1-11(2)10-26-17-21-20-16(27-17)19-15(23)12-5-6-13(18)14(9-12)28(24,25)22-7-3-4-8-22/h5-6,9,11H,3-4,7-8,10H2,1-2H3,(H,19,20,23). The monoisotopic (exact) mass is 460 g/mol. The predicted molar refractivity (Wildman–Crippen MR) is 113 cm³/mol.